The highest BCUT2D eigenvalue weighted by atomic mass is 15.2. The van der Waals surface area contributed by atoms with Crippen molar-refractivity contribution in [2.24, 2.45) is 5.92 Å². The molecule has 0 spiro atoms. The van der Waals surface area contributed by atoms with E-state index in [1.54, 1.807) is 0 Å². The van der Waals surface area contributed by atoms with Gasteiger partial charge in [0.25, 0.3) is 0 Å². The standard InChI is InChI=1S/C15H32N2/c1-5-15-9-7-6-8-10-17(15)12-14(4)11-16-13(2)3/h13-16H,5-12H2,1-4H3. The third-order valence-electron chi connectivity index (χ3n) is 3.89. The summed E-state index contributed by atoms with van der Waals surface area (Å²) in [6.07, 6.45) is 7.02. The van der Waals surface area contributed by atoms with Crippen LogP contribution in [-0.2, 0) is 0 Å². The first-order valence-corrected chi connectivity index (χ1v) is 7.61. The molecule has 0 aromatic carbocycles. The van der Waals surface area contributed by atoms with E-state index < -0.39 is 0 Å². The summed E-state index contributed by atoms with van der Waals surface area (Å²) in [4.78, 5) is 2.75. The van der Waals surface area contributed by atoms with Crippen molar-refractivity contribution >= 4 is 0 Å². The minimum Gasteiger partial charge on any atom is -0.314 e. The average molecular weight is 240 g/mol. The highest BCUT2D eigenvalue weighted by Crippen LogP contribution is 2.20. The quantitative estimate of drug-likeness (QED) is 0.766. The van der Waals surface area contributed by atoms with Gasteiger partial charge in [-0.3, -0.25) is 0 Å². The molecule has 0 amide bonds. The lowest BCUT2D eigenvalue weighted by molar-refractivity contribution is 0.167. The summed E-state index contributed by atoms with van der Waals surface area (Å²) in [5.74, 6) is 0.768. The van der Waals surface area contributed by atoms with Crippen LogP contribution in [0.15, 0.2) is 0 Å². The maximum atomic E-state index is 3.56. The van der Waals surface area contributed by atoms with Crippen LogP contribution in [0.4, 0.5) is 0 Å². The van der Waals surface area contributed by atoms with E-state index in [0.29, 0.717) is 6.04 Å². The van der Waals surface area contributed by atoms with Crippen molar-refractivity contribution in [2.45, 2.75) is 71.9 Å². The molecule has 0 aromatic rings. The Bertz CT molecular complexity index is 191. The van der Waals surface area contributed by atoms with E-state index in [2.05, 4.69) is 37.9 Å². The van der Waals surface area contributed by atoms with E-state index in [4.69, 9.17) is 0 Å². The summed E-state index contributed by atoms with van der Waals surface area (Å²) in [5.41, 5.74) is 0. The van der Waals surface area contributed by atoms with Gasteiger partial charge in [-0.1, -0.05) is 40.5 Å². The van der Waals surface area contributed by atoms with Crippen molar-refractivity contribution < 1.29 is 0 Å². The zero-order valence-corrected chi connectivity index (χ0v) is 12.3. The molecule has 2 heteroatoms. The summed E-state index contributed by atoms with van der Waals surface area (Å²) in [6, 6.07) is 1.46. The molecule has 0 radical (unpaired) electrons. The van der Waals surface area contributed by atoms with Gasteiger partial charge >= 0.3 is 0 Å². The van der Waals surface area contributed by atoms with Crippen molar-refractivity contribution in [3.8, 4) is 0 Å². The Hall–Kier alpha value is -0.0800. The number of nitrogens with one attached hydrogen (secondary N) is 1. The minimum atomic E-state index is 0.614. The summed E-state index contributed by atoms with van der Waals surface area (Å²) < 4.78 is 0. The van der Waals surface area contributed by atoms with E-state index >= 15 is 0 Å². The van der Waals surface area contributed by atoms with E-state index in [9.17, 15) is 0 Å². The largest absolute Gasteiger partial charge is 0.314 e. The number of rotatable bonds is 6. The van der Waals surface area contributed by atoms with Gasteiger partial charge in [-0.15, -0.1) is 0 Å². The Morgan fingerprint density at radius 3 is 2.59 bits per heavy atom. The Morgan fingerprint density at radius 2 is 1.94 bits per heavy atom. The van der Waals surface area contributed by atoms with Crippen molar-refractivity contribution in [3.63, 3.8) is 0 Å². The molecule has 0 bridgehead atoms. The molecule has 2 unspecified atom stereocenters. The number of hydrogen-bond acceptors (Lipinski definition) is 2. The first-order valence-electron chi connectivity index (χ1n) is 7.61. The fourth-order valence-corrected chi connectivity index (χ4v) is 2.84. The molecule has 1 N–H and O–H groups in total. The minimum absolute atomic E-state index is 0.614. The molecule has 0 aliphatic carbocycles. The Balaban J connectivity index is 2.35. The fourth-order valence-electron chi connectivity index (χ4n) is 2.84. The normalized spacial score (nSPS) is 24.9. The molecule has 1 aliphatic heterocycles. The van der Waals surface area contributed by atoms with Gasteiger partial charge in [-0.25, -0.2) is 0 Å². The molecule has 2 nitrogen and oxygen atoms in total. The van der Waals surface area contributed by atoms with Gasteiger partial charge in [0.1, 0.15) is 0 Å². The lowest BCUT2D eigenvalue weighted by atomic mass is 10.1. The summed E-state index contributed by atoms with van der Waals surface area (Å²) in [6.45, 7) is 12.9. The molecule has 17 heavy (non-hydrogen) atoms. The fraction of sp³-hybridized carbons (Fsp3) is 1.00. The van der Waals surface area contributed by atoms with Gasteiger partial charge < -0.3 is 10.2 Å². The second kappa shape index (κ2) is 8.10. The van der Waals surface area contributed by atoms with Gasteiger partial charge in [-0.05, 0) is 38.3 Å². The number of hydrogen-bond donors (Lipinski definition) is 1. The Labute approximate surface area is 108 Å². The van der Waals surface area contributed by atoms with Crippen molar-refractivity contribution in [1.82, 2.24) is 10.2 Å². The third-order valence-corrected chi connectivity index (χ3v) is 3.89. The predicted octanol–water partition coefficient (Wildman–Crippen LogP) is 3.28. The second-order valence-electron chi connectivity index (χ2n) is 6.07. The van der Waals surface area contributed by atoms with E-state index in [0.717, 1.165) is 18.5 Å². The van der Waals surface area contributed by atoms with Crippen molar-refractivity contribution in [2.75, 3.05) is 19.6 Å². The molecule has 102 valence electrons. The lowest BCUT2D eigenvalue weighted by Gasteiger charge is -2.31. The Kier molecular flexibility index (Phi) is 7.14. The van der Waals surface area contributed by atoms with Crippen LogP contribution in [0.5, 0.6) is 0 Å². The molecule has 1 rings (SSSR count). The summed E-state index contributed by atoms with van der Waals surface area (Å²) >= 11 is 0. The van der Waals surface area contributed by atoms with Gasteiger partial charge in [-0.2, -0.15) is 0 Å². The first kappa shape index (κ1) is 15.0. The summed E-state index contributed by atoms with van der Waals surface area (Å²) in [5, 5.41) is 3.56. The predicted molar refractivity (Wildman–Crippen MR) is 76.4 cm³/mol. The smallest absolute Gasteiger partial charge is 0.00927 e. The van der Waals surface area contributed by atoms with E-state index in [-0.39, 0.29) is 0 Å². The molecule has 1 fully saturated rings. The van der Waals surface area contributed by atoms with Crippen LogP contribution in [0.25, 0.3) is 0 Å². The zero-order chi connectivity index (χ0) is 12.7. The van der Waals surface area contributed by atoms with Crippen LogP contribution in [0.3, 0.4) is 0 Å². The van der Waals surface area contributed by atoms with Crippen LogP contribution in [0.2, 0.25) is 0 Å². The second-order valence-corrected chi connectivity index (χ2v) is 6.07. The van der Waals surface area contributed by atoms with Gasteiger partial charge in [0.15, 0.2) is 0 Å². The SMILES string of the molecule is CCC1CCCCCN1CC(C)CNC(C)C. The van der Waals surface area contributed by atoms with Crippen molar-refractivity contribution in [1.29, 1.82) is 0 Å². The van der Waals surface area contributed by atoms with Crippen molar-refractivity contribution in [3.05, 3.63) is 0 Å². The molecular formula is C15H32N2. The third kappa shape index (κ3) is 5.87. The molecule has 0 aromatic heterocycles. The molecule has 1 aliphatic rings. The average Bonchev–Trinajstić information content (AvgIpc) is 2.51. The highest BCUT2D eigenvalue weighted by molar-refractivity contribution is 4.76. The molecule has 2 atom stereocenters. The molecular weight excluding hydrogens is 208 g/mol. The molecule has 1 heterocycles. The van der Waals surface area contributed by atoms with Gasteiger partial charge in [0.2, 0.25) is 0 Å². The van der Waals surface area contributed by atoms with Crippen LogP contribution in [0.1, 0.15) is 59.8 Å². The monoisotopic (exact) mass is 240 g/mol. The van der Waals surface area contributed by atoms with Gasteiger partial charge in [0.05, 0.1) is 0 Å². The lowest BCUT2D eigenvalue weighted by Crippen LogP contribution is -2.40. The molecule has 1 saturated heterocycles. The number of nitrogens with zero attached hydrogens (tertiary/aromatic N) is 1. The van der Waals surface area contributed by atoms with E-state index in [1.165, 1.54) is 45.2 Å². The summed E-state index contributed by atoms with van der Waals surface area (Å²) in [7, 11) is 0. The topological polar surface area (TPSA) is 15.3 Å². The Morgan fingerprint density at radius 1 is 1.18 bits per heavy atom. The maximum absolute atomic E-state index is 3.56. The zero-order valence-electron chi connectivity index (χ0n) is 12.3. The highest BCUT2D eigenvalue weighted by Gasteiger charge is 2.20. The van der Waals surface area contributed by atoms with Crippen LogP contribution in [-0.4, -0.2) is 36.6 Å². The van der Waals surface area contributed by atoms with Crippen LogP contribution >= 0.6 is 0 Å². The molecule has 0 saturated carbocycles. The van der Waals surface area contributed by atoms with Crippen LogP contribution in [0, 0.1) is 5.92 Å². The maximum Gasteiger partial charge on any atom is 0.00927 e. The first-order chi connectivity index (χ1) is 8.13. The van der Waals surface area contributed by atoms with Crippen LogP contribution < -0.4 is 5.32 Å². The number of likely N-dealkylation sites (tertiary alicyclic amines) is 1. The van der Waals surface area contributed by atoms with E-state index in [1.807, 2.05) is 0 Å². The van der Waals surface area contributed by atoms with Gasteiger partial charge in [0, 0.05) is 18.6 Å².